The Hall–Kier alpha value is -4.18. The summed E-state index contributed by atoms with van der Waals surface area (Å²) in [6, 6.07) is -1.35. The van der Waals surface area contributed by atoms with Crippen LogP contribution in [-0.4, -0.2) is 150 Å². The zero-order valence-corrected chi connectivity index (χ0v) is 40.5. The molecular formula is C46H75BrN2O18. The molecule has 0 aromatic rings. The summed E-state index contributed by atoms with van der Waals surface area (Å²) in [5.74, 6) is -8.03. The van der Waals surface area contributed by atoms with Crippen LogP contribution in [0.2, 0.25) is 0 Å². The molecule has 0 saturated heterocycles. The maximum Gasteiger partial charge on any atom is 0.326 e. The fraction of sp³-hybridized carbons (Fsp3) is 0.783. The lowest BCUT2D eigenvalue weighted by molar-refractivity contribution is -0.145. The quantitative estimate of drug-likeness (QED) is 0.0350. The lowest BCUT2D eigenvalue weighted by Gasteiger charge is -2.16. The van der Waals surface area contributed by atoms with Crippen LogP contribution < -0.4 is 10.6 Å². The fourth-order valence-corrected chi connectivity index (χ4v) is 6.97. The summed E-state index contributed by atoms with van der Waals surface area (Å²) in [6.45, 7) is 0.707. The molecule has 0 aliphatic rings. The summed E-state index contributed by atoms with van der Waals surface area (Å²) >= 11 is 3.10. The highest BCUT2D eigenvalue weighted by atomic mass is 79.9. The Morgan fingerprint density at radius 1 is 0.418 bits per heavy atom. The number of carbonyl (C=O) groups excluding carboxylic acids is 6. The minimum absolute atomic E-state index is 0.0959. The molecule has 3 atom stereocenters. The molecule has 0 saturated carbocycles. The number of halogens is 1. The van der Waals surface area contributed by atoms with E-state index >= 15 is 0 Å². The predicted octanol–water partition coefficient (Wildman–Crippen LogP) is 4.87. The van der Waals surface area contributed by atoms with Crippen molar-refractivity contribution < 1.29 is 87.3 Å². The SMILES string of the molecule is O=C(O)CCCCCCCCCCC(=O)C[C@@H](CCC(=O)N[C@@H](CCC(=O)CCCOCCOCC(=O)NCCOCCOCC(=O)CC(CCCCCC(=O)CBr)C(=O)O)C(=O)O)C(=O)O. The molecule has 0 radical (unpaired) electrons. The molecule has 0 aromatic heterocycles. The molecule has 0 bridgehead atoms. The molecule has 0 aromatic carbocycles. The molecule has 0 spiro atoms. The number of ether oxygens (including phenoxy) is 4. The first-order chi connectivity index (χ1) is 32.0. The number of alkyl halides is 1. The summed E-state index contributed by atoms with van der Waals surface area (Å²) in [5.41, 5.74) is 0. The van der Waals surface area contributed by atoms with E-state index < -0.39 is 47.7 Å². The van der Waals surface area contributed by atoms with Crippen LogP contribution in [0.25, 0.3) is 0 Å². The second-order valence-electron chi connectivity index (χ2n) is 16.4. The monoisotopic (exact) mass is 1020 g/mol. The van der Waals surface area contributed by atoms with Crippen molar-refractivity contribution in [2.75, 3.05) is 64.7 Å². The van der Waals surface area contributed by atoms with Crippen LogP contribution in [0.3, 0.4) is 0 Å². The number of amides is 2. The number of carboxylic acid groups (broad SMARTS) is 4. The molecule has 0 fully saturated rings. The van der Waals surface area contributed by atoms with Gasteiger partial charge in [-0.15, -0.1) is 0 Å². The lowest BCUT2D eigenvalue weighted by atomic mass is 9.94. The van der Waals surface area contributed by atoms with Crippen molar-refractivity contribution in [3.8, 4) is 0 Å². The van der Waals surface area contributed by atoms with E-state index in [-0.39, 0.29) is 146 Å². The zero-order valence-electron chi connectivity index (χ0n) is 38.9. The molecule has 0 aliphatic carbocycles. The van der Waals surface area contributed by atoms with Gasteiger partial charge >= 0.3 is 23.9 Å². The fourth-order valence-electron chi connectivity index (χ4n) is 6.69. The number of rotatable bonds is 49. The number of carboxylic acids is 4. The maximum atomic E-state index is 12.5. The van der Waals surface area contributed by atoms with Gasteiger partial charge in [0.25, 0.3) is 0 Å². The summed E-state index contributed by atoms with van der Waals surface area (Å²) in [7, 11) is 0. The molecule has 1 unspecified atom stereocenters. The van der Waals surface area contributed by atoms with Gasteiger partial charge in [0.15, 0.2) is 5.78 Å². The molecule has 0 heterocycles. The van der Waals surface area contributed by atoms with Crippen LogP contribution in [0, 0.1) is 11.8 Å². The molecular weight excluding hydrogens is 948 g/mol. The maximum absolute atomic E-state index is 12.5. The highest BCUT2D eigenvalue weighted by molar-refractivity contribution is 9.09. The first-order valence-corrected chi connectivity index (χ1v) is 24.6. The summed E-state index contributed by atoms with van der Waals surface area (Å²) in [5, 5.41) is 42.5. The number of hydrogen-bond acceptors (Lipinski definition) is 14. The summed E-state index contributed by atoms with van der Waals surface area (Å²) < 4.78 is 21.3. The second-order valence-corrected chi connectivity index (χ2v) is 17.0. The normalized spacial score (nSPS) is 12.4. The Morgan fingerprint density at radius 3 is 1.52 bits per heavy atom. The Labute approximate surface area is 401 Å². The Morgan fingerprint density at radius 2 is 0.925 bits per heavy atom. The van der Waals surface area contributed by atoms with Gasteiger partial charge in [-0.3, -0.25) is 43.2 Å². The number of Topliss-reactive ketones (excluding diaryl/α,β-unsaturated/α-hetero) is 4. The first kappa shape index (κ1) is 62.8. The van der Waals surface area contributed by atoms with E-state index in [4.69, 9.17) is 24.1 Å². The molecule has 0 rings (SSSR count). The van der Waals surface area contributed by atoms with E-state index in [0.717, 1.165) is 38.5 Å². The van der Waals surface area contributed by atoms with E-state index in [0.29, 0.717) is 56.7 Å². The Bertz CT molecular complexity index is 1490. The van der Waals surface area contributed by atoms with E-state index in [1.165, 1.54) is 0 Å². The molecule has 6 N–H and O–H groups in total. The highest BCUT2D eigenvalue weighted by Gasteiger charge is 2.25. The minimum Gasteiger partial charge on any atom is -0.481 e. The molecule has 384 valence electrons. The average Bonchev–Trinajstić information content (AvgIpc) is 3.27. The third kappa shape index (κ3) is 39.5. The van der Waals surface area contributed by atoms with Gasteiger partial charge in [0.05, 0.1) is 50.2 Å². The van der Waals surface area contributed by atoms with Crippen molar-refractivity contribution in [2.45, 2.75) is 154 Å². The summed E-state index contributed by atoms with van der Waals surface area (Å²) in [6.07, 6.45) is 9.39. The Balaban J connectivity index is 4.01. The van der Waals surface area contributed by atoms with Gasteiger partial charge in [-0.25, -0.2) is 4.79 Å². The first-order valence-electron chi connectivity index (χ1n) is 23.5. The standard InChI is InChI=1S/C46H75BrN2O18/c47-31-38(52)15-10-7-8-13-34(44(58)59)30-39(53)32-66-27-26-65-24-22-48-42(55)33-67-28-25-64-23-12-16-36(50)19-20-40(46(62)63)49-41(54)21-18-35(45(60)61)29-37(51)14-9-5-3-1-2-4-6-11-17-43(56)57/h34-35,40H,1-33H2,(H,48,55)(H,49,54)(H,56,57)(H,58,59)(H,60,61)(H,62,63)/t34?,35-,40+/m1/s1. The van der Waals surface area contributed by atoms with Crippen molar-refractivity contribution in [2.24, 2.45) is 11.8 Å². The van der Waals surface area contributed by atoms with Crippen molar-refractivity contribution in [3.05, 3.63) is 0 Å². The van der Waals surface area contributed by atoms with Gasteiger partial charge < -0.3 is 50.0 Å². The van der Waals surface area contributed by atoms with Crippen LogP contribution in [-0.2, 0) is 66.9 Å². The number of hydrogen-bond donors (Lipinski definition) is 6. The second kappa shape index (κ2) is 42.0. The van der Waals surface area contributed by atoms with E-state index in [9.17, 15) is 63.3 Å². The number of unbranched alkanes of at least 4 members (excludes halogenated alkanes) is 9. The van der Waals surface area contributed by atoms with Crippen LogP contribution in [0.4, 0.5) is 0 Å². The van der Waals surface area contributed by atoms with Crippen LogP contribution in [0.15, 0.2) is 0 Å². The molecule has 20 nitrogen and oxygen atoms in total. The number of ketones is 4. The van der Waals surface area contributed by atoms with E-state index in [1.54, 1.807) is 0 Å². The molecule has 21 heteroatoms. The molecule has 67 heavy (non-hydrogen) atoms. The van der Waals surface area contributed by atoms with Gasteiger partial charge in [-0.05, 0) is 44.9 Å². The largest absolute Gasteiger partial charge is 0.481 e. The zero-order chi connectivity index (χ0) is 50.1. The van der Waals surface area contributed by atoms with Crippen LogP contribution in [0.5, 0.6) is 0 Å². The van der Waals surface area contributed by atoms with Crippen molar-refractivity contribution in [3.63, 3.8) is 0 Å². The predicted molar refractivity (Wildman–Crippen MR) is 246 cm³/mol. The molecule has 2 amide bonds. The third-order valence-electron chi connectivity index (χ3n) is 10.5. The minimum atomic E-state index is -1.35. The van der Waals surface area contributed by atoms with E-state index in [2.05, 4.69) is 26.6 Å². The number of nitrogens with one attached hydrogen (secondary N) is 2. The van der Waals surface area contributed by atoms with Crippen molar-refractivity contribution in [1.82, 2.24) is 10.6 Å². The Kier molecular flexibility index (Phi) is 39.3. The summed E-state index contributed by atoms with van der Waals surface area (Å²) in [4.78, 5) is 118. The van der Waals surface area contributed by atoms with Crippen LogP contribution in [0.1, 0.15) is 148 Å². The molecule has 0 aliphatic heterocycles. The van der Waals surface area contributed by atoms with Gasteiger partial charge in [-0.1, -0.05) is 67.3 Å². The number of carbonyl (C=O) groups is 10. The van der Waals surface area contributed by atoms with Crippen molar-refractivity contribution >= 4 is 74.8 Å². The lowest BCUT2D eigenvalue weighted by Crippen LogP contribution is -2.41. The van der Waals surface area contributed by atoms with Gasteiger partial charge in [0.2, 0.25) is 11.8 Å². The van der Waals surface area contributed by atoms with E-state index in [1.807, 2.05) is 0 Å². The van der Waals surface area contributed by atoms with Gasteiger partial charge in [0, 0.05) is 64.5 Å². The van der Waals surface area contributed by atoms with Gasteiger partial charge in [-0.2, -0.15) is 0 Å². The van der Waals surface area contributed by atoms with Crippen molar-refractivity contribution in [1.29, 1.82) is 0 Å². The van der Waals surface area contributed by atoms with Crippen LogP contribution >= 0.6 is 15.9 Å². The topological polar surface area (TPSA) is 313 Å². The smallest absolute Gasteiger partial charge is 0.326 e. The number of aliphatic carboxylic acids is 4. The third-order valence-corrected chi connectivity index (χ3v) is 11.1. The average molecular weight is 1020 g/mol. The van der Waals surface area contributed by atoms with Gasteiger partial charge in [0.1, 0.15) is 36.6 Å². The highest BCUT2D eigenvalue weighted by Crippen LogP contribution is 2.18.